The topological polar surface area (TPSA) is 13.1 Å². The molecule has 0 amide bonds. The lowest BCUT2D eigenvalue weighted by molar-refractivity contribution is 0.670. The third-order valence-electron chi connectivity index (χ3n) is 20.1. The minimum Gasteiger partial charge on any atom is -0.455 e. The molecule has 0 unspecified atom stereocenters. The summed E-state index contributed by atoms with van der Waals surface area (Å²) >= 11 is 1.92. The minimum absolute atomic E-state index is 0.873. The van der Waals surface area contributed by atoms with Crippen molar-refractivity contribution in [2.75, 3.05) is 0 Å². The summed E-state index contributed by atoms with van der Waals surface area (Å²) in [4.78, 5) is 0. The molecule has 0 saturated heterocycles. The van der Waals surface area contributed by atoms with Gasteiger partial charge in [0.15, 0.2) is 0 Å². The van der Waals surface area contributed by atoms with Crippen LogP contribution in [0.3, 0.4) is 0 Å². The third kappa shape index (κ3) is 8.07. The smallest absolute Gasteiger partial charge is 0.143 e. The first kappa shape index (κ1) is 52.8. The highest BCUT2D eigenvalue weighted by Crippen LogP contribution is 2.54. The largest absolute Gasteiger partial charge is 0.455 e. The quantitative estimate of drug-likeness (QED) is 0.145. The van der Waals surface area contributed by atoms with Gasteiger partial charge in [0.25, 0.3) is 0 Å². The molecule has 0 aliphatic carbocycles. The van der Waals surface area contributed by atoms with Gasteiger partial charge in [-0.25, -0.2) is 0 Å². The number of furan rings is 1. The summed E-state index contributed by atoms with van der Waals surface area (Å²) in [7, 11) is 0. The van der Waals surface area contributed by atoms with Gasteiger partial charge in [-0.1, -0.05) is 273 Å². The first-order chi connectivity index (χ1) is 46.6. The Morgan fingerprint density at radius 2 is 0.649 bits per heavy atom. The molecular formula is C92H54OS. The first-order valence-electron chi connectivity index (χ1n) is 32.4. The Labute approximate surface area is 545 Å². The summed E-state index contributed by atoms with van der Waals surface area (Å²) in [6.07, 6.45) is 0. The van der Waals surface area contributed by atoms with E-state index in [1.54, 1.807) is 0 Å². The molecule has 0 aliphatic heterocycles. The van der Waals surface area contributed by atoms with Crippen LogP contribution in [0.4, 0.5) is 0 Å². The van der Waals surface area contributed by atoms with Crippen LogP contribution in [0, 0.1) is 0 Å². The van der Waals surface area contributed by atoms with E-state index in [2.05, 4.69) is 328 Å². The maximum atomic E-state index is 7.41. The van der Waals surface area contributed by atoms with Crippen molar-refractivity contribution < 1.29 is 4.42 Å². The van der Waals surface area contributed by atoms with Crippen LogP contribution in [0.5, 0.6) is 0 Å². The van der Waals surface area contributed by atoms with Crippen molar-refractivity contribution in [2.24, 2.45) is 0 Å². The normalized spacial score (nSPS) is 12.0. The Hall–Kier alpha value is -11.9. The molecule has 2 aromatic heterocycles. The lowest BCUT2D eigenvalue weighted by Gasteiger charge is -2.20. The van der Waals surface area contributed by atoms with E-state index in [1.165, 1.54) is 140 Å². The Morgan fingerprint density at radius 3 is 1.29 bits per heavy atom. The average molecular weight is 1210 g/mol. The molecule has 20 rings (SSSR count). The molecule has 2 heteroatoms. The van der Waals surface area contributed by atoms with Crippen LogP contribution in [-0.4, -0.2) is 0 Å². The van der Waals surface area contributed by atoms with Crippen molar-refractivity contribution in [1.82, 2.24) is 0 Å². The Morgan fingerprint density at radius 1 is 0.202 bits per heavy atom. The van der Waals surface area contributed by atoms with Gasteiger partial charge in [-0.15, -0.1) is 11.3 Å². The van der Waals surface area contributed by atoms with Crippen molar-refractivity contribution in [3.63, 3.8) is 0 Å². The predicted octanol–water partition coefficient (Wildman–Crippen LogP) is 26.8. The fourth-order valence-corrected chi connectivity index (χ4v) is 17.2. The highest BCUT2D eigenvalue weighted by atomic mass is 32.1. The van der Waals surface area contributed by atoms with Crippen LogP contribution < -0.4 is 0 Å². The number of thiophene rings is 1. The van der Waals surface area contributed by atoms with E-state index < -0.39 is 0 Å². The minimum atomic E-state index is 0.873. The number of hydrogen-bond donors (Lipinski definition) is 0. The molecule has 94 heavy (non-hydrogen) atoms. The second kappa shape index (κ2) is 20.8. The van der Waals surface area contributed by atoms with Gasteiger partial charge in [-0.2, -0.15) is 0 Å². The van der Waals surface area contributed by atoms with E-state index >= 15 is 0 Å². The van der Waals surface area contributed by atoms with Gasteiger partial charge >= 0.3 is 0 Å². The monoisotopic (exact) mass is 1210 g/mol. The van der Waals surface area contributed by atoms with Gasteiger partial charge in [0.1, 0.15) is 11.2 Å². The van der Waals surface area contributed by atoms with Crippen molar-refractivity contribution in [3.05, 3.63) is 328 Å². The standard InChI is InChI=1S/C92H54OS/c1-3-22-57(23-4-1)84-70-32-15-18-35-73(70)88(77-47-46-69(66-40-38-55-20-7-9-26-59(55)48-66)90-80-52-61-28-11-12-29-62(61)54-82(80)93-91(77)90)79-51-64(42-44-74(79)84)63-43-45-75-78(50-63)85(58-24-5-2-6-25-58)71-33-16-17-34-72(71)87(75)76-36-19-37-83-89(76)81-53-65-30-13-14-31-68(65)86(92(81)94-83)67-41-39-56-21-8-10-27-60(56)49-67/h1-54H. The zero-order valence-electron chi connectivity index (χ0n) is 51.0. The molecule has 0 radical (unpaired) electrons. The third-order valence-corrected chi connectivity index (χ3v) is 21.3. The van der Waals surface area contributed by atoms with Crippen LogP contribution in [0.1, 0.15) is 0 Å². The van der Waals surface area contributed by atoms with Crippen LogP contribution in [0.2, 0.25) is 0 Å². The highest BCUT2D eigenvalue weighted by Gasteiger charge is 2.26. The Kier molecular flexibility index (Phi) is 11.7. The maximum absolute atomic E-state index is 7.41. The molecular weight excluding hydrogens is 1150 g/mol. The van der Waals surface area contributed by atoms with E-state index in [-0.39, 0.29) is 0 Å². The van der Waals surface area contributed by atoms with Gasteiger partial charge in [-0.3, -0.25) is 0 Å². The van der Waals surface area contributed by atoms with Gasteiger partial charge < -0.3 is 4.42 Å². The number of benzene rings is 18. The molecule has 0 aliphatic rings. The molecule has 0 bridgehead atoms. The molecule has 0 atom stereocenters. The molecule has 0 spiro atoms. The summed E-state index contributed by atoms with van der Waals surface area (Å²) in [5.74, 6) is 0. The van der Waals surface area contributed by atoms with Gasteiger partial charge in [0, 0.05) is 47.6 Å². The zero-order valence-corrected chi connectivity index (χ0v) is 51.8. The van der Waals surface area contributed by atoms with Gasteiger partial charge in [0.2, 0.25) is 0 Å². The number of hydrogen-bond acceptors (Lipinski definition) is 2. The molecule has 434 valence electrons. The summed E-state index contributed by atoms with van der Waals surface area (Å²) in [5, 5.41) is 24.1. The van der Waals surface area contributed by atoms with Gasteiger partial charge in [-0.05, 0) is 202 Å². The lowest BCUT2D eigenvalue weighted by Crippen LogP contribution is -1.94. The summed E-state index contributed by atoms with van der Waals surface area (Å²) in [6.45, 7) is 0. The van der Waals surface area contributed by atoms with E-state index in [9.17, 15) is 0 Å². The number of fused-ring (bicyclic) bond motifs is 14. The predicted molar refractivity (Wildman–Crippen MR) is 405 cm³/mol. The van der Waals surface area contributed by atoms with Crippen LogP contribution in [0.25, 0.3) is 206 Å². The van der Waals surface area contributed by atoms with Crippen molar-refractivity contribution in [2.45, 2.75) is 0 Å². The summed E-state index contributed by atoms with van der Waals surface area (Å²) in [6, 6.07) is 122. The Balaban J connectivity index is 0.857. The first-order valence-corrected chi connectivity index (χ1v) is 33.3. The van der Waals surface area contributed by atoms with Crippen molar-refractivity contribution in [3.8, 4) is 77.9 Å². The molecule has 20 aromatic rings. The lowest BCUT2D eigenvalue weighted by atomic mass is 9.82. The van der Waals surface area contributed by atoms with Gasteiger partial charge in [0.05, 0.1) is 0 Å². The van der Waals surface area contributed by atoms with Crippen LogP contribution >= 0.6 is 11.3 Å². The SMILES string of the molecule is c1ccc(-c2c3ccccc3c(-c3ccc(-c4ccc5ccccc5c4)c4c3oc3cc5ccccc5cc34)c3cc(-c4ccc5c(-c6cccc7sc8c(-c9ccc%10ccccc%10c9)c9ccccc9cc8c67)c6ccccc6c(-c6ccccc6)c5c4)ccc23)cc1. The molecule has 0 saturated carbocycles. The van der Waals surface area contributed by atoms with E-state index in [0.717, 1.165) is 66.1 Å². The second-order valence-corrected chi connectivity index (χ2v) is 26.3. The molecule has 18 aromatic carbocycles. The zero-order chi connectivity index (χ0) is 61.5. The van der Waals surface area contributed by atoms with E-state index in [0.29, 0.717) is 0 Å². The molecule has 2 heterocycles. The molecule has 1 nitrogen and oxygen atoms in total. The molecule has 0 fully saturated rings. The summed E-state index contributed by atoms with van der Waals surface area (Å²) in [5.41, 5.74) is 18.4. The Bertz CT molecular complexity index is 6590. The van der Waals surface area contributed by atoms with Crippen molar-refractivity contribution >= 4 is 140 Å². The highest BCUT2D eigenvalue weighted by molar-refractivity contribution is 7.26. The number of rotatable bonds is 7. The van der Waals surface area contributed by atoms with Crippen LogP contribution in [0.15, 0.2) is 332 Å². The fourth-order valence-electron chi connectivity index (χ4n) is 16.0. The average Bonchev–Trinajstić information content (AvgIpc) is 1.28. The van der Waals surface area contributed by atoms with Crippen molar-refractivity contribution in [1.29, 1.82) is 0 Å². The fraction of sp³-hybridized carbons (Fsp3) is 0. The second-order valence-electron chi connectivity index (χ2n) is 25.3. The maximum Gasteiger partial charge on any atom is 0.143 e. The molecule has 0 N–H and O–H groups in total. The summed E-state index contributed by atoms with van der Waals surface area (Å²) < 4.78 is 10.00. The van der Waals surface area contributed by atoms with E-state index in [4.69, 9.17) is 4.42 Å². The van der Waals surface area contributed by atoms with Crippen LogP contribution in [-0.2, 0) is 0 Å². The van der Waals surface area contributed by atoms with E-state index in [1.807, 2.05) is 11.3 Å².